The molecule has 110 valence electrons. The van der Waals surface area contributed by atoms with Crippen molar-refractivity contribution < 1.29 is 4.21 Å². The zero-order chi connectivity index (χ0) is 15.0. The molecule has 1 N–H and O–H groups in total. The minimum absolute atomic E-state index is 0.101. The SMILES string of the molecule is CS(=O)C1N=Cc2cc(C#N)c(=O)n(C3CCCC3)c2N1. The van der Waals surface area contributed by atoms with E-state index in [-0.39, 0.29) is 17.2 Å². The number of hydrogen-bond acceptors (Lipinski definition) is 5. The van der Waals surface area contributed by atoms with Gasteiger partial charge in [0.15, 0.2) is 5.50 Å². The first-order valence-electron chi connectivity index (χ1n) is 6.93. The monoisotopic (exact) mass is 304 g/mol. The summed E-state index contributed by atoms with van der Waals surface area (Å²) in [5.74, 6) is 0.640. The molecule has 1 aromatic heterocycles. The van der Waals surface area contributed by atoms with Gasteiger partial charge in [-0.25, -0.2) is 0 Å². The Morgan fingerprint density at radius 2 is 2.19 bits per heavy atom. The Bertz CT molecular complexity index is 726. The first kappa shape index (κ1) is 14.0. The summed E-state index contributed by atoms with van der Waals surface area (Å²) < 4.78 is 13.3. The highest BCUT2D eigenvalue weighted by molar-refractivity contribution is 7.85. The number of fused-ring (bicyclic) bond motifs is 1. The largest absolute Gasteiger partial charge is 0.339 e. The van der Waals surface area contributed by atoms with Crippen molar-refractivity contribution in [1.29, 1.82) is 5.26 Å². The molecule has 1 saturated carbocycles. The molecule has 1 aliphatic heterocycles. The molecule has 7 heteroatoms. The van der Waals surface area contributed by atoms with E-state index >= 15 is 0 Å². The van der Waals surface area contributed by atoms with Crippen LogP contribution in [0.4, 0.5) is 5.82 Å². The Balaban J connectivity index is 2.18. The van der Waals surface area contributed by atoms with E-state index in [1.54, 1.807) is 23.1 Å². The number of nitriles is 1. The second-order valence-corrected chi connectivity index (χ2v) is 6.80. The van der Waals surface area contributed by atoms with Crippen molar-refractivity contribution in [2.24, 2.45) is 4.99 Å². The first-order chi connectivity index (χ1) is 10.1. The van der Waals surface area contributed by atoms with Gasteiger partial charge in [0.2, 0.25) is 0 Å². The summed E-state index contributed by atoms with van der Waals surface area (Å²) in [5.41, 5.74) is 0.0220. The van der Waals surface area contributed by atoms with E-state index in [1.165, 1.54) is 0 Å². The summed E-state index contributed by atoms with van der Waals surface area (Å²) in [7, 11) is -1.17. The van der Waals surface area contributed by atoms with E-state index < -0.39 is 16.3 Å². The number of nitrogens with one attached hydrogen (secondary N) is 1. The molecular weight excluding hydrogens is 288 g/mol. The molecule has 0 spiro atoms. The fourth-order valence-electron chi connectivity index (χ4n) is 2.97. The average Bonchev–Trinajstić information content (AvgIpc) is 2.99. The molecule has 2 atom stereocenters. The fraction of sp³-hybridized carbons (Fsp3) is 0.500. The van der Waals surface area contributed by atoms with Crippen molar-refractivity contribution in [2.45, 2.75) is 37.2 Å². The number of hydrogen-bond donors (Lipinski definition) is 1. The Kier molecular flexibility index (Phi) is 3.64. The molecule has 0 amide bonds. The van der Waals surface area contributed by atoms with E-state index in [2.05, 4.69) is 10.3 Å². The van der Waals surface area contributed by atoms with Crippen molar-refractivity contribution >= 4 is 22.8 Å². The molecule has 0 aromatic carbocycles. The van der Waals surface area contributed by atoms with Gasteiger partial charge in [-0.3, -0.25) is 18.6 Å². The number of aromatic nitrogens is 1. The zero-order valence-electron chi connectivity index (χ0n) is 11.7. The number of anilines is 1. The van der Waals surface area contributed by atoms with E-state index in [4.69, 9.17) is 5.26 Å². The van der Waals surface area contributed by atoms with Crippen LogP contribution in [0, 0.1) is 11.3 Å². The highest BCUT2D eigenvalue weighted by atomic mass is 32.2. The van der Waals surface area contributed by atoms with Gasteiger partial charge in [-0.15, -0.1) is 0 Å². The van der Waals surface area contributed by atoms with Gasteiger partial charge in [0, 0.05) is 24.1 Å². The molecule has 21 heavy (non-hydrogen) atoms. The lowest BCUT2D eigenvalue weighted by Crippen LogP contribution is -2.35. The Labute approximate surface area is 125 Å². The molecule has 1 aliphatic carbocycles. The van der Waals surface area contributed by atoms with Crippen molar-refractivity contribution in [3.05, 3.63) is 27.5 Å². The van der Waals surface area contributed by atoms with Gasteiger partial charge < -0.3 is 5.32 Å². The third-order valence-electron chi connectivity index (χ3n) is 4.00. The van der Waals surface area contributed by atoms with Crippen molar-refractivity contribution in [1.82, 2.24) is 4.57 Å². The van der Waals surface area contributed by atoms with Crippen molar-refractivity contribution in [3.63, 3.8) is 0 Å². The van der Waals surface area contributed by atoms with Crippen LogP contribution in [0.25, 0.3) is 0 Å². The van der Waals surface area contributed by atoms with Crippen LogP contribution >= 0.6 is 0 Å². The van der Waals surface area contributed by atoms with Crippen LogP contribution in [-0.2, 0) is 10.8 Å². The van der Waals surface area contributed by atoms with Crippen LogP contribution < -0.4 is 10.9 Å². The molecule has 0 bridgehead atoms. The Hall–Kier alpha value is -1.94. The van der Waals surface area contributed by atoms with Crippen LogP contribution in [0.3, 0.4) is 0 Å². The normalized spacial score (nSPS) is 22.4. The van der Waals surface area contributed by atoms with Gasteiger partial charge in [0.05, 0.1) is 10.8 Å². The molecule has 2 unspecified atom stereocenters. The highest BCUT2D eigenvalue weighted by Crippen LogP contribution is 2.33. The molecule has 2 heterocycles. The third-order valence-corrected chi connectivity index (χ3v) is 4.87. The topological polar surface area (TPSA) is 87.2 Å². The van der Waals surface area contributed by atoms with Crippen LogP contribution in [0.5, 0.6) is 0 Å². The smallest absolute Gasteiger partial charge is 0.270 e. The van der Waals surface area contributed by atoms with Gasteiger partial charge in [0.25, 0.3) is 5.56 Å². The quantitative estimate of drug-likeness (QED) is 0.893. The zero-order valence-corrected chi connectivity index (χ0v) is 12.5. The van der Waals surface area contributed by atoms with Gasteiger partial charge >= 0.3 is 0 Å². The molecule has 3 rings (SSSR count). The summed E-state index contributed by atoms with van der Waals surface area (Å²) >= 11 is 0. The summed E-state index contributed by atoms with van der Waals surface area (Å²) in [6.07, 6.45) is 7.20. The second-order valence-electron chi connectivity index (χ2n) is 5.36. The lowest BCUT2D eigenvalue weighted by molar-refractivity contribution is 0.505. The van der Waals surface area contributed by atoms with E-state index in [0.29, 0.717) is 11.4 Å². The maximum atomic E-state index is 12.5. The predicted octanol–water partition coefficient (Wildman–Crippen LogP) is 1.34. The second kappa shape index (κ2) is 5.45. The van der Waals surface area contributed by atoms with Gasteiger partial charge in [-0.2, -0.15) is 5.26 Å². The summed E-state index contributed by atoms with van der Waals surface area (Å²) in [6.45, 7) is 0. The van der Waals surface area contributed by atoms with Gasteiger partial charge in [0.1, 0.15) is 17.5 Å². The number of aliphatic imine (C=N–C) groups is 1. The Morgan fingerprint density at radius 1 is 1.48 bits per heavy atom. The molecule has 0 radical (unpaired) electrons. The first-order valence-corrected chi connectivity index (χ1v) is 8.55. The maximum absolute atomic E-state index is 12.5. The third kappa shape index (κ3) is 2.40. The van der Waals surface area contributed by atoms with Crippen molar-refractivity contribution in [2.75, 3.05) is 11.6 Å². The van der Waals surface area contributed by atoms with Crippen LogP contribution in [0.1, 0.15) is 42.9 Å². The lowest BCUT2D eigenvalue weighted by Gasteiger charge is -2.26. The van der Waals surface area contributed by atoms with Crippen LogP contribution in [0.2, 0.25) is 0 Å². The van der Waals surface area contributed by atoms with Gasteiger partial charge in [-0.1, -0.05) is 12.8 Å². The van der Waals surface area contributed by atoms with E-state index in [1.807, 2.05) is 6.07 Å². The summed E-state index contributed by atoms with van der Waals surface area (Å²) in [4.78, 5) is 16.7. The highest BCUT2D eigenvalue weighted by Gasteiger charge is 2.27. The number of rotatable bonds is 2. The molecule has 1 fully saturated rings. The van der Waals surface area contributed by atoms with E-state index in [0.717, 1.165) is 25.7 Å². The standard InChI is InChI=1S/C14H16N4O2S/c1-21(20)14-16-8-10-6-9(7-15)13(19)18(12(10)17-14)11-4-2-3-5-11/h6,8,11,14,17H,2-5H2,1H3. The maximum Gasteiger partial charge on any atom is 0.270 e. The van der Waals surface area contributed by atoms with E-state index in [9.17, 15) is 9.00 Å². The summed E-state index contributed by atoms with van der Waals surface area (Å²) in [6, 6.07) is 3.61. The number of nitrogens with zero attached hydrogens (tertiary/aromatic N) is 3. The molecule has 1 aromatic rings. The Morgan fingerprint density at radius 3 is 2.81 bits per heavy atom. The molecular formula is C14H16N4O2S. The minimum Gasteiger partial charge on any atom is -0.339 e. The average molecular weight is 304 g/mol. The lowest BCUT2D eigenvalue weighted by atomic mass is 10.1. The predicted molar refractivity (Wildman–Crippen MR) is 82.0 cm³/mol. The van der Waals surface area contributed by atoms with Crippen molar-refractivity contribution in [3.8, 4) is 6.07 Å². The van der Waals surface area contributed by atoms with Crippen LogP contribution in [-0.4, -0.2) is 26.7 Å². The molecule has 6 nitrogen and oxygen atoms in total. The van der Waals surface area contributed by atoms with Crippen LogP contribution in [0.15, 0.2) is 15.9 Å². The minimum atomic E-state index is -1.17. The fourth-order valence-corrected chi connectivity index (χ4v) is 3.48. The van der Waals surface area contributed by atoms with Gasteiger partial charge in [-0.05, 0) is 18.9 Å². The molecule has 2 aliphatic rings. The summed E-state index contributed by atoms with van der Waals surface area (Å²) in [5, 5.41) is 12.2. The molecule has 0 saturated heterocycles. The number of pyridine rings is 1.